The van der Waals surface area contributed by atoms with Crippen LogP contribution >= 0.6 is 0 Å². The third-order valence-electron chi connectivity index (χ3n) is 12.9. The van der Waals surface area contributed by atoms with E-state index in [0.29, 0.717) is 128 Å². The van der Waals surface area contributed by atoms with Crippen molar-refractivity contribution in [1.82, 2.24) is 10.6 Å². The number of ether oxygens (including phenoxy) is 15. The van der Waals surface area contributed by atoms with Gasteiger partial charge in [-0.25, -0.2) is 38.4 Å². The molecule has 0 spiro atoms. The van der Waals surface area contributed by atoms with Gasteiger partial charge in [0.15, 0.2) is 0 Å². The molecule has 32 nitrogen and oxygen atoms in total. The van der Waals surface area contributed by atoms with Gasteiger partial charge in [-0.1, -0.05) is 112 Å². The van der Waals surface area contributed by atoms with E-state index in [4.69, 9.17) is 61.9 Å². The van der Waals surface area contributed by atoms with E-state index in [-0.39, 0.29) is 81.4 Å². The molecule has 4 aromatic rings. The number of isocyanates is 2. The maximum atomic E-state index is 11.4. The second-order valence-corrected chi connectivity index (χ2v) is 22.5. The number of aliphatic hydroxyl groups excluding tert-OH is 1. The normalized spacial score (nSPS) is 10.3. The quantitative estimate of drug-likeness (QED) is 0.00609. The van der Waals surface area contributed by atoms with E-state index in [9.17, 15) is 52.7 Å². The first-order valence-corrected chi connectivity index (χ1v) is 35.2. The maximum absolute atomic E-state index is 11.4. The zero-order chi connectivity index (χ0) is 83.8. The molecule has 3 amide bonds. The largest absolute Gasteiger partial charge is 0.463 e. The molecular weight excluding hydrogens is 1450 g/mol. The van der Waals surface area contributed by atoms with Gasteiger partial charge in [0.25, 0.3) is 0 Å². The number of carbonyl (C=O) groups excluding carboxylic acids is 11. The minimum Gasteiger partial charge on any atom is -0.463 e. The zero-order valence-corrected chi connectivity index (χ0v) is 66.2. The van der Waals surface area contributed by atoms with Crippen LogP contribution in [0.15, 0.2) is 144 Å². The van der Waals surface area contributed by atoms with Crippen LogP contribution in [0.4, 0.5) is 31.4 Å². The lowest BCUT2D eigenvalue weighted by molar-refractivity contribution is -0.156. The van der Waals surface area contributed by atoms with E-state index in [1.807, 2.05) is 114 Å². The highest BCUT2D eigenvalue weighted by Gasteiger charge is 2.14. The molecule has 0 saturated carbocycles. The molecule has 0 aliphatic rings. The number of amides is 3. The first-order valence-electron chi connectivity index (χ1n) is 35.2. The summed E-state index contributed by atoms with van der Waals surface area (Å²) in [4.78, 5) is 125. The van der Waals surface area contributed by atoms with Crippen molar-refractivity contribution in [1.29, 1.82) is 0 Å². The van der Waals surface area contributed by atoms with E-state index in [1.54, 1.807) is 45.0 Å². The number of benzene rings is 4. The average molecular weight is 1560 g/mol. The van der Waals surface area contributed by atoms with E-state index in [2.05, 4.69) is 59.9 Å². The van der Waals surface area contributed by atoms with Crippen LogP contribution in [-0.4, -0.2) is 230 Å². The standard InChI is InChI=1S/2C16H31NO8.C13H14O3.C12H13NO3.2C8H7NO.C6H10O3/c2*1-4-15(18)24-11-8-21-7-10-23-14(2)13-22-6-5-20-9-12-25-16(19)17-3;1-9(2)13(15)16-12(14)8-11-7-5-4-6-10(11)3;1-8(2)11(14)16-12(15)13-10-7-5-4-6-9(10)3;2*1-7-4-2-3-5-8(7)9-6-10;1-5(2)6(8)9-4-3-7/h2*14H,4-13H2,1-3H3,(H,17,19);4-7H,1,8H2,2-3H3;4-7H,1H2,2-3H3,(H,13,15);2*2-5H,1H3;7H,1,3-4H2,2H3. The number of esters is 6. The summed E-state index contributed by atoms with van der Waals surface area (Å²) in [5.74, 6) is -2.86. The lowest BCUT2D eigenvalue weighted by Crippen LogP contribution is -2.22. The van der Waals surface area contributed by atoms with Gasteiger partial charge < -0.3 is 86.8 Å². The maximum Gasteiger partial charge on any atom is 0.419 e. The van der Waals surface area contributed by atoms with Crippen molar-refractivity contribution in [3.8, 4) is 0 Å². The summed E-state index contributed by atoms with van der Waals surface area (Å²) in [6, 6.07) is 29.5. The van der Waals surface area contributed by atoms with Gasteiger partial charge in [-0.3, -0.25) is 19.7 Å². The fourth-order valence-electron chi connectivity index (χ4n) is 6.97. The Bertz CT molecular complexity index is 3240. The highest BCUT2D eigenvalue weighted by atomic mass is 16.6. The molecule has 4 aromatic carbocycles. The Balaban J connectivity index is -0.00000127. The molecule has 0 bridgehead atoms. The van der Waals surface area contributed by atoms with Crippen molar-refractivity contribution >= 4 is 83.3 Å². The Labute approximate surface area is 650 Å². The average Bonchev–Trinajstić information content (AvgIpc) is 1.82. The molecule has 4 N–H and O–H groups in total. The molecule has 2 atom stereocenters. The van der Waals surface area contributed by atoms with Crippen LogP contribution < -0.4 is 16.0 Å². The Morgan fingerprint density at radius 2 is 0.766 bits per heavy atom. The summed E-state index contributed by atoms with van der Waals surface area (Å²) in [7, 11) is 2.99. The summed E-state index contributed by atoms with van der Waals surface area (Å²) < 4.78 is 75.7. The summed E-state index contributed by atoms with van der Waals surface area (Å²) in [6.07, 6.45) is 1.98. The molecule has 0 aliphatic heterocycles. The third kappa shape index (κ3) is 64.1. The second-order valence-electron chi connectivity index (χ2n) is 22.5. The molecule has 616 valence electrons. The summed E-state index contributed by atoms with van der Waals surface area (Å²) in [6.45, 7) is 36.1. The number of nitrogens with zero attached hydrogens (tertiary/aromatic N) is 2. The Morgan fingerprint density at radius 3 is 1.14 bits per heavy atom. The highest BCUT2D eigenvalue weighted by molar-refractivity contribution is 5.99. The van der Waals surface area contributed by atoms with Gasteiger partial charge in [-0.2, -0.15) is 9.98 Å². The van der Waals surface area contributed by atoms with Crippen molar-refractivity contribution < 1.29 is 129 Å². The SMILES string of the molecule is C=C(C)C(=O)OC(=O)Cc1ccccc1C.C=C(C)C(=O)OC(=O)Nc1ccccc1C.C=C(C)C(=O)OCCO.CCC(=O)OCCOCCOC(C)COCCOCCOC(=O)NC.CCC(=O)OCCOCCOC(C)COCCOCCOC(=O)NC.Cc1ccccc1N=C=O.Cc1ccccc1N=C=O. The molecule has 111 heavy (non-hydrogen) atoms. The third-order valence-corrected chi connectivity index (χ3v) is 12.9. The fourth-order valence-corrected chi connectivity index (χ4v) is 6.97. The Morgan fingerprint density at radius 1 is 0.414 bits per heavy atom. The lowest BCUT2D eigenvalue weighted by atomic mass is 10.1. The molecule has 4 rings (SSSR count). The number of rotatable bonds is 42. The van der Waals surface area contributed by atoms with Crippen molar-refractivity contribution in [2.24, 2.45) is 9.98 Å². The van der Waals surface area contributed by atoms with Gasteiger partial charge in [0.05, 0.1) is 129 Å². The van der Waals surface area contributed by atoms with Gasteiger partial charge in [-0.05, 0) is 108 Å². The molecule has 2 unspecified atom stereocenters. The van der Waals surface area contributed by atoms with Gasteiger partial charge in [0.1, 0.15) is 33.0 Å². The number of carbonyl (C=O) groups is 9. The first-order chi connectivity index (χ1) is 53.1. The number of aliphatic imine (C=N–C) groups is 2. The minimum atomic E-state index is -0.803. The number of para-hydroxylation sites is 3. The fraction of sp³-hybridized carbons (Fsp3) is 0.481. The molecule has 0 aliphatic carbocycles. The number of nitrogens with one attached hydrogen (secondary N) is 3. The van der Waals surface area contributed by atoms with Gasteiger partial charge in [0, 0.05) is 49.3 Å². The van der Waals surface area contributed by atoms with Crippen LogP contribution in [-0.2, 0) is 116 Å². The molecule has 0 heterocycles. The monoisotopic (exact) mass is 1560 g/mol. The van der Waals surface area contributed by atoms with E-state index in [1.165, 1.54) is 40.1 Å². The summed E-state index contributed by atoms with van der Waals surface area (Å²) >= 11 is 0. The number of hydrogen-bond donors (Lipinski definition) is 4. The van der Waals surface area contributed by atoms with Crippen LogP contribution in [0.2, 0.25) is 0 Å². The van der Waals surface area contributed by atoms with E-state index >= 15 is 0 Å². The van der Waals surface area contributed by atoms with E-state index < -0.39 is 42.2 Å². The molecular formula is C79H113N5O27. The molecule has 0 fully saturated rings. The topological polar surface area (TPSA) is 407 Å². The number of aryl methyl sites for hydroxylation is 4. The smallest absolute Gasteiger partial charge is 0.419 e. The van der Waals surface area contributed by atoms with Crippen molar-refractivity contribution in [3.63, 3.8) is 0 Å². The Hall–Kier alpha value is -10.5. The number of aliphatic hydroxyl groups is 1. The van der Waals surface area contributed by atoms with Gasteiger partial charge >= 0.3 is 54.1 Å². The molecule has 0 radical (unpaired) electrons. The lowest BCUT2D eigenvalue weighted by Gasteiger charge is -2.14. The predicted octanol–water partition coefficient (Wildman–Crippen LogP) is 10.4. The van der Waals surface area contributed by atoms with Crippen LogP contribution in [0.3, 0.4) is 0 Å². The predicted molar refractivity (Wildman–Crippen MR) is 412 cm³/mol. The second kappa shape index (κ2) is 71.2. The van der Waals surface area contributed by atoms with Crippen molar-refractivity contribution in [2.75, 3.05) is 152 Å². The van der Waals surface area contributed by atoms with Gasteiger partial charge in [-0.15, -0.1) is 0 Å². The van der Waals surface area contributed by atoms with Gasteiger partial charge in [0.2, 0.25) is 12.2 Å². The minimum absolute atomic E-state index is 0.0473. The van der Waals surface area contributed by atoms with Crippen LogP contribution in [0.5, 0.6) is 0 Å². The van der Waals surface area contributed by atoms with Crippen LogP contribution in [0.25, 0.3) is 0 Å². The Kier molecular flexibility index (Phi) is 67.1. The highest BCUT2D eigenvalue weighted by Crippen LogP contribution is 2.17. The van der Waals surface area contributed by atoms with Crippen molar-refractivity contribution in [2.45, 2.75) is 108 Å². The summed E-state index contributed by atoms with van der Waals surface area (Å²) in [5, 5.41) is 15.3. The molecule has 0 saturated heterocycles. The number of anilines is 1. The first kappa shape index (κ1) is 105. The van der Waals surface area contributed by atoms with Crippen LogP contribution in [0, 0.1) is 27.7 Å². The number of alkyl carbamates (subject to hydrolysis) is 2. The molecule has 32 heteroatoms. The van der Waals surface area contributed by atoms with Crippen LogP contribution in [0.1, 0.15) is 89.1 Å². The molecule has 0 aromatic heterocycles. The van der Waals surface area contributed by atoms with Crippen molar-refractivity contribution in [3.05, 3.63) is 161 Å². The zero-order valence-electron chi connectivity index (χ0n) is 66.2. The number of hydrogen-bond acceptors (Lipinski definition) is 29. The summed E-state index contributed by atoms with van der Waals surface area (Å²) in [5.41, 5.74) is 7.49. The van der Waals surface area contributed by atoms with E-state index in [0.717, 1.165) is 27.8 Å².